The number of hydrogen-bond donors (Lipinski definition) is 2. The number of carbonyl (C=O) groups is 3. The van der Waals surface area contributed by atoms with Crippen LogP contribution in [0.25, 0.3) is 0 Å². The van der Waals surface area contributed by atoms with E-state index in [4.69, 9.17) is 0 Å². The number of phenols is 1. The fourth-order valence-corrected chi connectivity index (χ4v) is 8.20. The number of carbonyl (C=O) groups excluding carboxylic acids is 3. The number of nitrogens with one attached hydrogen (secondary N) is 1. The minimum absolute atomic E-state index is 0.00967. The molecule has 39 heavy (non-hydrogen) atoms. The summed E-state index contributed by atoms with van der Waals surface area (Å²) in [5.74, 6) is -1.42. The van der Waals surface area contributed by atoms with Gasteiger partial charge in [-0.3, -0.25) is 19.3 Å². The number of hydrogen-bond acceptors (Lipinski definition) is 6. The second-order valence-corrected chi connectivity index (χ2v) is 14.1. The van der Waals surface area contributed by atoms with Crippen molar-refractivity contribution in [2.75, 3.05) is 4.90 Å². The Morgan fingerprint density at radius 2 is 1.64 bits per heavy atom. The van der Waals surface area contributed by atoms with Gasteiger partial charge >= 0.3 is 0 Å². The number of benzene rings is 2. The Hall–Kier alpha value is -3.40. The summed E-state index contributed by atoms with van der Waals surface area (Å²) in [6.45, 7) is 4.85. The van der Waals surface area contributed by atoms with Crippen LogP contribution in [0.3, 0.4) is 0 Å². The Labute approximate surface area is 229 Å². The summed E-state index contributed by atoms with van der Waals surface area (Å²) in [6, 6.07) is 10.7. The van der Waals surface area contributed by atoms with E-state index in [0.29, 0.717) is 11.3 Å². The molecular weight excluding hydrogens is 518 g/mol. The van der Waals surface area contributed by atoms with Crippen molar-refractivity contribution in [3.05, 3.63) is 59.7 Å². The van der Waals surface area contributed by atoms with Crippen LogP contribution in [0.2, 0.25) is 0 Å². The molecule has 0 spiro atoms. The first-order valence-electron chi connectivity index (χ1n) is 13.5. The van der Waals surface area contributed by atoms with E-state index in [1.807, 2.05) is 19.1 Å². The van der Waals surface area contributed by atoms with Gasteiger partial charge in [-0.25, -0.2) is 8.42 Å². The molecule has 0 aromatic heterocycles. The molecule has 9 nitrogen and oxygen atoms in total. The van der Waals surface area contributed by atoms with E-state index in [9.17, 15) is 27.9 Å². The zero-order valence-corrected chi connectivity index (χ0v) is 23.3. The molecular formula is C29H35N3O6S. The number of amides is 3. The SMILES string of the molecule is Cc1ccc(N(C(=O)[C@@H]2N3C(=O)C[C@H]3S(=O)(=O)C2(C)C)[C@@H](C(=O)NC2CCCCC2)c2ccc(O)cc2)cc1. The number of phenolic OH excluding ortho intramolecular Hbond substituents is 1. The van der Waals surface area contributed by atoms with Gasteiger partial charge in [0, 0.05) is 11.7 Å². The van der Waals surface area contributed by atoms with Crippen molar-refractivity contribution in [1.29, 1.82) is 0 Å². The molecule has 2 aliphatic heterocycles. The van der Waals surface area contributed by atoms with Crippen molar-refractivity contribution in [1.82, 2.24) is 10.2 Å². The smallest absolute Gasteiger partial charge is 0.252 e. The lowest BCUT2D eigenvalue weighted by atomic mass is 9.93. The maximum Gasteiger partial charge on any atom is 0.252 e. The van der Waals surface area contributed by atoms with Crippen LogP contribution in [0.4, 0.5) is 5.69 Å². The largest absolute Gasteiger partial charge is 0.508 e. The van der Waals surface area contributed by atoms with Crippen molar-refractivity contribution in [2.45, 2.75) is 87.5 Å². The van der Waals surface area contributed by atoms with Gasteiger partial charge in [0.25, 0.3) is 5.91 Å². The van der Waals surface area contributed by atoms with Gasteiger partial charge in [-0.2, -0.15) is 0 Å². The van der Waals surface area contributed by atoms with Crippen LogP contribution < -0.4 is 10.2 Å². The fourth-order valence-electron chi connectivity index (χ4n) is 6.07. The van der Waals surface area contributed by atoms with Gasteiger partial charge in [-0.05, 0) is 63.4 Å². The fraction of sp³-hybridized carbons (Fsp3) is 0.483. The molecule has 0 unspecified atom stereocenters. The molecule has 2 N–H and O–H groups in total. The summed E-state index contributed by atoms with van der Waals surface area (Å²) in [4.78, 5) is 43.8. The van der Waals surface area contributed by atoms with E-state index in [2.05, 4.69) is 5.32 Å². The summed E-state index contributed by atoms with van der Waals surface area (Å²) in [7, 11) is -3.83. The summed E-state index contributed by atoms with van der Waals surface area (Å²) < 4.78 is 25.1. The quantitative estimate of drug-likeness (QED) is 0.529. The van der Waals surface area contributed by atoms with Crippen molar-refractivity contribution in [2.24, 2.45) is 0 Å². The average Bonchev–Trinajstić information content (AvgIpc) is 3.02. The topological polar surface area (TPSA) is 124 Å². The molecule has 0 radical (unpaired) electrons. The molecule has 0 bridgehead atoms. The number of aryl methyl sites for hydroxylation is 1. The second-order valence-electron chi connectivity index (χ2n) is 11.4. The highest BCUT2D eigenvalue weighted by molar-refractivity contribution is 7.93. The number of rotatable bonds is 6. The average molecular weight is 554 g/mol. The van der Waals surface area contributed by atoms with E-state index in [0.717, 1.165) is 37.7 Å². The van der Waals surface area contributed by atoms with E-state index < -0.39 is 49.8 Å². The Bertz CT molecular complexity index is 1380. The van der Waals surface area contributed by atoms with Crippen molar-refractivity contribution in [3.8, 4) is 5.75 Å². The molecule has 10 heteroatoms. The molecule has 2 aromatic carbocycles. The van der Waals surface area contributed by atoms with E-state index in [1.165, 1.54) is 35.8 Å². The summed E-state index contributed by atoms with van der Waals surface area (Å²) in [5.41, 5.74) is 1.81. The van der Waals surface area contributed by atoms with Crippen LogP contribution in [0, 0.1) is 6.92 Å². The number of sulfone groups is 1. The van der Waals surface area contributed by atoms with E-state index >= 15 is 0 Å². The first kappa shape index (κ1) is 27.2. The van der Waals surface area contributed by atoms with Crippen molar-refractivity contribution >= 4 is 33.2 Å². The number of aromatic hydroxyl groups is 1. The molecule has 1 saturated carbocycles. The lowest BCUT2D eigenvalue weighted by Gasteiger charge is -2.41. The molecule has 3 amide bonds. The van der Waals surface area contributed by atoms with Gasteiger partial charge < -0.3 is 15.3 Å². The standard InChI is InChI=1S/C29H35N3O6S/c1-18-9-13-21(14-10-18)31(28(36)26-29(2,3)39(37,38)24-17-23(34)32(24)26)25(19-11-15-22(33)16-12-19)27(35)30-20-7-5-4-6-8-20/h9-16,20,24-26,33H,4-8,17H2,1-3H3,(H,30,35)/t24-,25-,26+/m1/s1. The van der Waals surface area contributed by atoms with E-state index in [1.54, 1.807) is 24.3 Å². The molecule has 5 rings (SSSR count). The predicted molar refractivity (Wildman–Crippen MR) is 147 cm³/mol. The van der Waals surface area contributed by atoms with E-state index in [-0.39, 0.29) is 18.2 Å². The lowest BCUT2D eigenvalue weighted by molar-refractivity contribution is -0.149. The van der Waals surface area contributed by atoms with Crippen LogP contribution in [-0.2, 0) is 24.2 Å². The van der Waals surface area contributed by atoms with Gasteiger partial charge in [-0.15, -0.1) is 0 Å². The Kier molecular flexibility index (Phi) is 6.95. The number of anilines is 1. The van der Waals surface area contributed by atoms with Gasteiger partial charge in [-0.1, -0.05) is 49.1 Å². The van der Waals surface area contributed by atoms with Gasteiger partial charge in [0.15, 0.2) is 9.84 Å². The molecule has 2 saturated heterocycles. The normalized spacial score (nSPS) is 24.4. The summed E-state index contributed by atoms with van der Waals surface area (Å²) >= 11 is 0. The van der Waals surface area contributed by atoms with Gasteiger partial charge in [0.1, 0.15) is 23.2 Å². The third kappa shape index (κ3) is 4.58. The first-order chi connectivity index (χ1) is 18.4. The first-order valence-corrected chi connectivity index (χ1v) is 15.0. The molecule has 3 aliphatic rings. The highest BCUT2D eigenvalue weighted by Gasteiger charge is 2.68. The second kappa shape index (κ2) is 9.97. The zero-order valence-electron chi connectivity index (χ0n) is 22.5. The van der Waals surface area contributed by atoms with Crippen LogP contribution >= 0.6 is 0 Å². The van der Waals surface area contributed by atoms with Crippen LogP contribution in [0.5, 0.6) is 5.75 Å². The number of fused-ring (bicyclic) bond motifs is 1. The maximum atomic E-state index is 14.6. The minimum Gasteiger partial charge on any atom is -0.508 e. The maximum absolute atomic E-state index is 14.6. The Morgan fingerprint density at radius 1 is 1.03 bits per heavy atom. The monoisotopic (exact) mass is 553 g/mol. The highest BCUT2D eigenvalue weighted by atomic mass is 32.2. The zero-order chi connectivity index (χ0) is 28.1. The number of nitrogens with zero attached hydrogens (tertiary/aromatic N) is 2. The van der Waals surface area contributed by atoms with Crippen LogP contribution in [0.1, 0.15) is 69.5 Å². The Morgan fingerprint density at radius 3 is 2.23 bits per heavy atom. The summed E-state index contributed by atoms with van der Waals surface area (Å²) in [5, 5.41) is 12.0. The predicted octanol–water partition coefficient (Wildman–Crippen LogP) is 3.36. The van der Waals surface area contributed by atoms with Crippen molar-refractivity contribution < 1.29 is 27.9 Å². The molecule has 2 heterocycles. The molecule has 1 aliphatic carbocycles. The number of β-lactam (4-membered cyclic amide) rings is 1. The van der Waals surface area contributed by atoms with Crippen LogP contribution in [-0.4, -0.2) is 58.4 Å². The molecule has 208 valence electrons. The van der Waals surface area contributed by atoms with Crippen LogP contribution in [0.15, 0.2) is 48.5 Å². The third-order valence-electron chi connectivity index (χ3n) is 8.43. The van der Waals surface area contributed by atoms with Gasteiger partial charge in [0.05, 0.1) is 11.2 Å². The highest BCUT2D eigenvalue weighted by Crippen LogP contribution is 2.47. The Balaban J connectivity index is 1.63. The lowest BCUT2D eigenvalue weighted by Crippen LogP contribution is -2.61. The molecule has 3 atom stereocenters. The van der Waals surface area contributed by atoms with Gasteiger partial charge in [0.2, 0.25) is 11.8 Å². The van der Waals surface area contributed by atoms with Crippen molar-refractivity contribution in [3.63, 3.8) is 0 Å². The molecule has 3 fully saturated rings. The molecule has 2 aromatic rings. The third-order valence-corrected chi connectivity index (χ3v) is 11.2. The minimum atomic E-state index is -3.83. The summed E-state index contributed by atoms with van der Waals surface area (Å²) in [6.07, 6.45) is 4.64.